The molecule has 2 heterocycles. The molecule has 1 aliphatic rings. The van der Waals surface area contributed by atoms with Crippen LogP contribution in [0.2, 0.25) is 0 Å². The molecule has 1 fully saturated rings. The number of aromatic nitrogens is 1. The van der Waals surface area contributed by atoms with Crippen molar-refractivity contribution >= 4 is 51.3 Å². The first kappa shape index (κ1) is 16.4. The van der Waals surface area contributed by atoms with E-state index in [9.17, 15) is 4.79 Å². The molecule has 1 aliphatic heterocycles. The highest BCUT2D eigenvalue weighted by atomic mass is 127. The number of nitrogens with one attached hydrogen (secondary N) is 1. The smallest absolute Gasteiger partial charge is 0.298 e. The van der Waals surface area contributed by atoms with E-state index in [1.807, 2.05) is 48.5 Å². The third-order valence-corrected chi connectivity index (χ3v) is 5.49. The zero-order valence-corrected chi connectivity index (χ0v) is 15.8. The fourth-order valence-electron chi connectivity index (χ4n) is 3.13. The molecule has 25 heavy (non-hydrogen) atoms. The summed E-state index contributed by atoms with van der Waals surface area (Å²) in [6.45, 7) is 1.55. The van der Waals surface area contributed by atoms with E-state index in [4.69, 9.17) is 4.42 Å². The van der Waals surface area contributed by atoms with Gasteiger partial charge >= 0.3 is 0 Å². The van der Waals surface area contributed by atoms with Crippen LogP contribution in [0, 0.1) is 9.49 Å². The molecule has 4 rings (SSSR count). The lowest BCUT2D eigenvalue weighted by Gasteiger charge is -2.30. The first-order valence-electron chi connectivity index (χ1n) is 8.36. The Morgan fingerprint density at radius 2 is 1.84 bits per heavy atom. The number of carbonyl (C=O) groups is 1. The molecule has 0 spiro atoms. The van der Waals surface area contributed by atoms with Gasteiger partial charge < -0.3 is 14.6 Å². The molecule has 0 unspecified atom stereocenters. The molecule has 5 nitrogen and oxygen atoms in total. The van der Waals surface area contributed by atoms with E-state index in [0.29, 0.717) is 6.01 Å². The van der Waals surface area contributed by atoms with Crippen molar-refractivity contribution in [2.75, 3.05) is 23.3 Å². The second-order valence-electron chi connectivity index (χ2n) is 6.19. The van der Waals surface area contributed by atoms with Gasteiger partial charge in [-0.15, -0.1) is 0 Å². The Labute approximate surface area is 159 Å². The number of piperidine rings is 1. The zero-order valence-electron chi connectivity index (χ0n) is 13.6. The predicted octanol–water partition coefficient (Wildman–Crippen LogP) is 4.29. The van der Waals surface area contributed by atoms with Crippen LogP contribution in [0.15, 0.2) is 52.9 Å². The van der Waals surface area contributed by atoms with Gasteiger partial charge in [0.15, 0.2) is 5.58 Å². The standard InChI is InChI=1S/C19H18IN3O2/c20-14-5-1-2-6-15(14)21-18(24)13-9-11-23(12-10-13)19-22-16-7-3-4-8-17(16)25-19/h1-8,13H,9-12H2,(H,21,24). The summed E-state index contributed by atoms with van der Waals surface area (Å²) < 4.78 is 6.88. The number of hydrogen-bond donors (Lipinski definition) is 1. The quantitative estimate of drug-likeness (QED) is 0.609. The van der Waals surface area contributed by atoms with E-state index < -0.39 is 0 Å². The van der Waals surface area contributed by atoms with Gasteiger partial charge in [0.1, 0.15) is 5.52 Å². The highest BCUT2D eigenvalue weighted by Crippen LogP contribution is 2.27. The van der Waals surface area contributed by atoms with Crippen LogP contribution in [0.4, 0.5) is 11.7 Å². The minimum atomic E-state index is 0.0247. The SMILES string of the molecule is O=C(Nc1ccccc1I)C1CCN(c2nc3ccccc3o2)CC1. The van der Waals surface area contributed by atoms with Crippen molar-refractivity contribution in [3.05, 3.63) is 52.1 Å². The molecule has 128 valence electrons. The van der Waals surface area contributed by atoms with E-state index in [2.05, 4.69) is 37.8 Å². The molecule has 1 aromatic heterocycles. The highest BCUT2D eigenvalue weighted by molar-refractivity contribution is 14.1. The summed E-state index contributed by atoms with van der Waals surface area (Å²) in [5, 5.41) is 3.05. The Bertz CT molecular complexity index is 867. The number of rotatable bonds is 3. The number of carbonyl (C=O) groups excluding carboxylic acids is 1. The van der Waals surface area contributed by atoms with E-state index in [1.54, 1.807) is 0 Å². The molecule has 2 aromatic carbocycles. The lowest BCUT2D eigenvalue weighted by Crippen LogP contribution is -2.38. The Morgan fingerprint density at radius 1 is 1.12 bits per heavy atom. The van der Waals surface area contributed by atoms with Crippen molar-refractivity contribution in [1.29, 1.82) is 0 Å². The lowest BCUT2D eigenvalue weighted by molar-refractivity contribution is -0.120. The van der Waals surface area contributed by atoms with Crippen LogP contribution in [0.3, 0.4) is 0 Å². The number of anilines is 2. The van der Waals surface area contributed by atoms with Gasteiger partial charge in [0.2, 0.25) is 5.91 Å². The summed E-state index contributed by atoms with van der Waals surface area (Å²) in [6.07, 6.45) is 1.60. The summed E-state index contributed by atoms with van der Waals surface area (Å²) in [6, 6.07) is 16.3. The van der Waals surface area contributed by atoms with Crippen LogP contribution < -0.4 is 10.2 Å². The molecule has 0 radical (unpaired) electrons. The normalized spacial score (nSPS) is 15.5. The van der Waals surface area contributed by atoms with Crippen molar-refractivity contribution in [2.45, 2.75) is 12.8 Å². The van der Waals surface area contributed by atoms with E-state index >= 15 is 0 Å². The maximum atomic E-state index is 12.5. The topological polar surface area (TPSA) is 58.4 Å². The number of benzene rings is 2. The van der Waals surface area contributed by atoms with Gasteiger partial charge in [-0.3, -0.25) is 4.79 Å². The molecule has 0 atom stereocenters. The second kappa shape index (κ2) is 7.03. The van der Waals surface area contributed by atoms with Crippen LogP contribution in [0.25, 0.3) is 11.1 Å². The average Bonchev–Trinajstić information content (AvgIpc) is 3.08. The van der Waals surface area contributed by atoms with Gasteiger partial charge in [0, 0.05) is 22.6 Å². The van der Waals surface area contributed by atoms with Crippen LogP contribution >= 0.6 is 22.6 Å². The van der Waals surface area contributed by atoms with E-state index in [-0.39, 0.29) is 11.8 Å². The van der Waals surface area contributed by atoms with Crippen LogP contribution in [-0.4, -0.2) is 24.0 Å². The monoisotopic (exact) mass is 447 g/mol. The number of nitrogens with zero attached hydrogens (tertiary/aromatic N) is 2. The van der Waals surface area contributed by atoms with E-state index in [0.717, 1.165) is 46.3 Å². The largest absolute Gasteiger partial charge is 0.423 e. The molecular formula is C19H18IN3O2. The van der Waals surface area contributed by atoms with Crippen LogP contribution in [0.5, 0.6) is 0 Å². The Balaban J connectivity index is 1.39. The van der Waals surface area contributed by atoms with Gasteiger partial charge in [-0.25, -0.2) is 0 Å². The number of hydrogen-bond acceptors (Lipinski definition) is 4. The number of amides is 1. The van der Waals surface area contributed by atoms with Crippen molar-refractivity contribution < 1.29 is 9.21 Å². The average molecular weight is 447 g/mol. The van der Waals surface area contributed by atoms with Gasteiger partial charge in [-0.1, -0.05) is 24.3 Å². The number of para-hydroxylation sites is 3. The van der Waals surface area contributed by atoms with E-state index in [1.165, 1.54) is 0 Å². The van der Waals surface area contributed by atoms with Crippen molar-refractivity contribution in [3.63, 3.8) is 0 Å². The molecule has 3 aromatic rings. The van der Waals surface area contributed by atoms with Crippen LogP contribution in [0.1, 0.15) is 12.8 Å². The fraction of sp³-hybridized carbons (Fsp3) is 0.263. The maximum Gasteiger partial charge on any atom is 0.298 e. The zero-order chi connectivity index (χ0) is 17.2. The number of fused-ring (bicyclic) bond motifs is 1. The summed E-state index contributed by atoms with van der Waals surface area (Å²) in [4.78, 5) is 19.2. The molecule has 0 aliphatic carbocycles. The molecule has 1 N–H and O–H groups in total. The summed E-state index contributed by atoms with van der Waals surface area (Å²) >= 11 is 2.24. The first-order chi connectivity index (χ1) is 12.2. The minimum absolute atomic E-state index is 0.0247. The molecule has 1 saturated heterocycles. The predicted molar refractivity (Wildman–Crippen MR) is 107 cm³/mol. The minimum Gasteiger partial charge on any atom is -0.423 e. The number of halogens is 1. The summed E-state index contributed by atoms with van der Waals surface area (Å²) in [5.74, 6) is 0.123. The Hall–Kier alpha value is -2.09. The number of oxazole rings is 1. The summed E-state index contributed by atoms with van der Waals surface area (Å²) in [5.41, 5.74) is 2.56. The van der Waals surface area contributed by atoms with Crippen molar-refractivity contribution in [3.8, 4) is 0 Å². The molecular weight excluding hydrogens is 429 g/mol. The maximum absolute atomic E-state index is 12.5. The molecule has 6 heteroatoms. The van der Waals surface area contributed by atoms with Gasteiger partial charge in [0.25, 0.3) is 6.01 Å². The second-order valence-corrected chi connectivity index (χ2v) is 7.36. The van der Waals surface area contributed by atoms with Crippen molar-refractivity contribution in [2.24, 2.45) is 5.92 Å². The highest BCUT2D eigenvalue weighted by Gasteiger charge is 2.27. The lowest BCUT2D eigenvalue weighted by atomic mass is 9.96. The van der Waals surface area contributed by atoms with Gasteiger partial charge in [0.05, 0.1) is 5.69 Å². The molecule has 0 saturated carbocycles. The molecule has 1 amide bonds. The Kier molecular flexibility index (Phi) is 4.61. The third kappa shape index (κ3) is 3.49. The van der Waals surface area contributed by atoms with Gasteiger partial charge in [-0.2, -0.15) is 4.98 Å². The molecule has 0 bridgehead atoms. The fourth-order valence-corrected chi connectivity index (χ4v) is 3.65. The third-order valence-electron chi connectivity index (χ3n) is 4.55. The first-order valence-corrected chi connectivity index (χ1v) is 9.44. The Morgan fingerprint density at radius 3 is 2.60 bits per heavy atom. The van der Waals surface area contributed by atoms with Crippen LogP contribution in [-0.2, 0) is 4.79 Å². The summed E-state index contributed by atoms with van der Waals surface area (Å²) in [7, 11) is 0. The van der Waals surface area contributed by atoms with Crippen molar-refractivity contribution in [1.82, 2.24) is 4.98 Å². The van der Waals surface area contributed by atoms with Gasteiger partial charge in [-0.05, 0) is 59.7 Å².